The predicted octanol–water partition coefficient (Wildman–Crippen LogP) is -21.7. The molecule has 0 aliphatic rings. The fraction of sp³-hybridized carbons (Fsp3) is 0. The monoisotopic (exact) mass is 368 g/mol. The van der Waals surface area contributed by atoms with Crippen molar-refractivity contribution in [2.75, 3.05) is 0 Å². The summed E-state index contributed by atoms with van der Waals surface area (Å²) < 4.78 is 0. The molecular weight excluding hydrogens is 367 g/mol. The third-order valence-corrected chi connectivity index (χ3v) is 0. The molecular formula is F7InSn. The molecule has 0 atom stereocenters. The Labute approximate surface area is 82.5 Å². The Bertz CT molecular complexity index is 8.88. The molecule has 0 unspecified atom stereocenters. The minimum Gasteiger partial charge on any atom is -1.00 e. The summed E-state index contributed by atoms with van der Waals surface area (Å²) in [4.78, 5) is 0. The Morgan fingerprint density at radius 1 is 0.333 bits per heavy atom. The zero-order valence-corrected chi connectivity index (χ0v) is 9.87. The third-order valence-electron chi connectivity index (χ3n) is 0. The van der Waals surface area contributed by atoms with E-state index in [-0.39, 0.29) is 82.7 Å². The van der Waals surface area contributed by atoms with Gasteiger partial charge in [-0.25, -0.2) is 0 Å². The number of rotatable bonds is 0. The van der Waals surface area contributed by atoms with Crippen molar-refractivity contribution in [1.82, 2.24) is 0 Å². The topological polar surface area (TPSA) is 0 Å². The molecule has 9 heteroatoms. The van der Waals surface area contributed by atoms with Crippen molar-refractivity contribution in [3.63, 3.8) is 0 Å². The van der Waals surface area contributed by atoms with Gasteiger partial charge in [0.15, 0.2) is 0 Å². The molecule has 0 aromatic heterocycles. The molecule has 0 nitrogen and oxygen atoms in total. The van der Waals surface area contributed by atoms with Gasteiger partial charge in [0.05, 0.1) is 0 Å². The maximum atomic E-state index is 0. The Morgan fingerprint density at radius 3 is 0.333 bits per heavy atom. The van der Waals surface area contributed by atoms with Crippen LogP contribution in [0.3, 0.4) is 0 Å². The van der Waals surface area contributed by atoms with Crippen LogP contribution in [-0.4, -0.2) is 49.8 Å². The van der Waals surface area contributed by atoms with Gasteiger partial charge in [-0.05, 0) is 0 Å². The third kappa shape index (κ3) is 340. The first-order chi connectivity index (χ1) is 0. The van der Waals surface area contributed by atoms with Gasteiger partial charge in [-0.3, -0.25) is 0 Å². The van der Waals surface area contributed by atoms with Crippen molar-refractivity contribution >= 4 is 49.8 Å². The van der Waals surface area contributed by atoms with Crippen LogP contribution in [0.1, 0.15) is 0 Å². The molecule has 0 aromatic rings. The Hall–Kier alpha value is 1.18. The van der Waals surface area contributed by atoms with Crippen LogP contribution in [0, 0.1) is 0 Å². The molecule has 0 saturated heterocycles. The summed E-state index contributed by atoms with van der Waals surface area (Å²) in [7, 11) is 0. The number of hydrogen-bond donors (Lipinski definition) is 0. The van der Waals surface area contributed by atoms with Gasteiger partial charge in [-0.1, -0.05) is 0 Å². The van der Waals surface area contributed by atoms with Gasteiger partial charge >= 0.3 is 49.8 Å². The Balaban J connectivity index is 0. The van der Waals surface area contributed by atoms with Crippen molar-refractivity contribution in [3.8, 4) is 0 Å². The largest absolute Gasteiger partial charge is 4.00 e. The first-order valence-electron chi connectivity index (χ1n) is 0. The van der Waals surface area contributed by atoms with Crippen LogP contribution in [0.25, 0.3) is 0 Å². The summed E-state index contributed by atoms with van der Waals surface area (Å²) in [5.74, 6) is 0. The van der Waals surface area contributed by atoms with Gasteiger partial charge in [0, 0.05) is 0 Å². The minimum absolute atomic E-state index is 0. The van der Waals surface area contributed by atoms with E-state index in [1.165, 1.54) is 0 Å². The minimum atomic E-state index is 0. The second-order valence-corrected chi connectivity index (χ2v) is 0. The zero-order valence-electron chi connectivity index (χ0n) is 3.72. The standard InChI is InChI=1S/7FH.In.Sn/h7*1H;;/q;;;;;;;+3;+4/p-7. The van der Waals surface area contributed by atoms with Gasteiger partial charge in [0.25, 0.3) is 0 Å². The molecule has 56 valence electrons. The van der Waals surface area contributed by atoms with Gasteiger partial charge in [0.1, 0.15) is 0 Å². The van der Waals surface area contributed by atoms with E-state index in [9.17, 15) is 0 Å². The molecule has 0 rings (SSSR count). The zero-order chi connectivity index (χ0) is 0. The normalized spacial score (nSPS) is 0. The molecule has 0 spiro atoms. The van der Waals surface area contributed by atoms with Crippen molar-refractivity contribution in [2.45, 2.75) is 0 Å². The van der Waals surface area contributed by atoms with Crippen molar-refractivity contribution in [3.05, 3.63) is 0 Å². The van der Waals surface area contributed by atoms with Crippen LogP contribution < -0.4 is 32.9 Å². The van der Waals surface area contributed by atoms with Crippen LogP contribution in [-0.2, 0) is 0 Å². The number of halogens is 7. The first kappa shape index (κ1) is 617. The second-order valence-electron chi connectivity index (χ2n) is 0. The van der Waals surface area contributed by atoms with Gasteiger partial charge in [0.2, 0.25) is 0 Å². The molecule has 0 heterocycles. The predicted molar refractivity (Wildman–Crippen MR) is 11.5 cm³/mol. The van der Waals surface area contributed by atoms with E-state index in [4.69, 9.17) is 0 Å². The van der Waals surface area contributed by atoms with Crippen LogP contribution >= 0.6 is 0 Å². The summed E-state index contributed by atoms with van der Waals surface area (Å²) in [5.41, 5.74) is 0. The van der Waals surface area contributed by atoms with Crippen molar-refractivity contribution in [2.24, 2.45) is 0 Å². The van der Waals surface area contributed by atoms with Crippen LogP contribution in [0.5, 0.6) is 0 Å². The SMILES string of the molecule is [F-].[F-].[F-].[F-].[F-].[F-].[F-].[In+3].[Sn+4]. The van der Waals surface area contributed by atoms with E-state index in [0.29, 0.717) is 0 Å². The van der Waals surface area contributed by atoms with Gasteiger partial charge < -0.3 is 32.9 Å². The molecule has 0 amide bonds. The average Bonchev–Trinajstić information content (AvgIpc) is 0. The maximum Gasteiger partial charge on any atom is 4.00 e. The van der Waals surface area contributed by atoms with Crippen molar-refractivity contribution in [1.29, 1.82) is 0 Å². The molecule has 0 aromatic carbocycles. The molecule has 9 heavy (non-hydrogen) atoms. The molecule has 0 fully saturated rings. The molecule has 0 N–H and O–H groups in total. The van der Waals surface area contributed by atoms with Crippen molar-refractivity contribution < 1.29 is 32.9 Å². The van der Waals surface area contributed by atoms with Crippen LogP contribution in [0.15, 0.2) is 0 Å². The van der Waals surface area contributed by atoms with Gasteiger partial charge in [-0.15, -0.1) is 0 Å². The quantitative estimate of drug-likeness (QED) is 0.295. The summed E-state index contributed by atoms with van der Waals surface area (Å²) in [5, 5.41) is 0. The molecule has 0 aliphatic heterocycles. The van der Waals surface area contributed by atoms with Gasteiger partial charge in [-0.2, -0.15) is 0 Å². The Morgan fingerprint density at radius 2 is 0.333 bits per heavy atom. The average molecular weight is 367 g/mol. The first-order valence-corrected chi connectivity index (χ1v) is 0. The van der Waals surface area contributed by atoms with E-state index in [1.54, 1.807) is 0 Å². The molecule has 0 bridgehead atoms. The van der Waals surface area contributed by atoms with E-state index < -0.39 is 0 Å². The summed E-state index contributed by atoms with van der Waals surface area (Å²) >= 11 is 0. The van der Waals surface area contributed by atoms with E-state index in [2.05, 4.69) is 0 Å². The van der Waals surface area contributed by atoms with E-state index >= 15 is 0 Å². The molecule has 0 radical (unpaired) electrons. The fourth-order valence-corrected chi connectivity index (χ4v) is 0. The second kappa shape index (κ2) is 442. The number of hydrogen-bond acceptors (Lipinski definition) is 0. The molecule has 0 saturated carbocycles. The summed E-state index contributed by atoms with van der Waals surface area (Å²) in [6.45, 7) is 0. The smallest absolute Gasteiger partial charge is 1.00 e. The Kier molecular flexibility index (Phi) is 30300. The summed E-state index contributed by atoms with van der Waals surface area (Å²) in [6, 6.07) is 0. The van der Waals surface area contributed by atoms with E-state index in [1.807, 2.05) is 0 Å². The maximum absolute atomic E-state index is 0. The fourth-order valence-electron chi connectivity index (χ4n) is 0. The van der Waals surface area contributed by atoms with Crippen LogP contribution in [0.2, 0.25) is 0 Å². The van der Waals surface area contributed by atoms with Crippen LogP contribution in [0.4, 0.5) is 0 Å². The van der Waals surface area contributed by atoms with E-state index in [0.717, 1.165) is 0 Å². The summed E-state index contributed by atoms with van der Waals surface area (Å²) in [6.07, 6.45) is 0. The molecule has 0 aliphatic carbocycles.